The van der Waals surface area contributed by atoms with Crippen molar-refractivity contribution in [3.8, 4) is 0 Å². The number of nitrogens with zero attached hydrogens (tertiary/aromatic N) is 2. The topological polar surface area (TPSA) is 47.2 Å². The van der Waals surface area contributed by atoms with E-state index in [2.05, 4.69) is 9.97 Å². The molecule has 1 heterocycles. The molecular formula is C7H11N2ORb. The maximum absolute atomic E-state index is 9.58. The molecule has 0 amide bonds. The Balaban J connectivity index is 0.000001000. The number of hydrogen-bond acceptors (Lipinski definition) is 2. The molecule has 0 spiro atoms. The van der Waals surface area contributed by atoms with Crippen molar-refractivity contribution in [3.63, 3.8) is 0 Å². The Hall–Kier alpha value is 0.975. The Morgan fingerprint density at radius 3 is 2.73 bits per heavy atom. The van der Waals surface area contributed by atoms with E-state index < -0.39 is 5.60 Å². The fourth-order valence-corrected chi connectivity index (χ4v) is 0.692. The van der Waals surface area contributed by atoms with Crippen LogP contribution >= 0.6 is 0 Å². The first kappa shape index (κ1) is 12.0. The standard InChI is InChI=1S/C7H11N2O.Rb/c1-3-7(2,10)6-4-8-5-9-6;/h4-5,10H,3H2,1-2H3;/q-1;+1. The van der Waals surface area contributed by atoms with E-state index in [4.69, 9.17) is 0 Å². The molecule has 0 aliphatic heterocycles. The number of rotatable bonds is 2. The second kappa shape index (κ2) is 4.87. The minimum Gasteiger partial charge on any atom is -0.449 e. The molecule has 1 N–H and O–H groups in total. The van der Waals surface area contributed by atoms with Crippen molar-refractivity contribution in [2.45, 2.75) is 25.9 Å². The van der Waals surface area contributed by atoms with Crippen LogP contribution in [-0.4, -0.2) is 10.1 Å². The summed E-state index contributed by atoms with van der Waals surface area (Å²) in [4.78, 5) is 7.66. The van der Waals surface area contributed by atoms with Crippen molar-refractivity contribution in [1.82, 2.24) is 9.97 Å². The molecule has 56 valence electrons. The van der Waals surface area contributed by atoms with E-state index >= 15 is 0 Å². The third kappa shape index (κ3) is 3.07. The van der Waals surface area contributed by atoms with Gasteiger partial charge in [0.15, 0.2) is 0 Å². The summed E-state index contributed by atoms with van der Waals surface area (Å²) in [6.45, 7) is 3.64. The van der Waals surface area contributed by atoms with Crippen molar-refractivity contribution in [3.05, 3.63) is 18.2 Å². The Morgan fingerprint density at radius 1 is 1.73 bits per heavy atom. The molecule has 0 saturated heterocycles. The van der Waals surface area contributed by atoms with E-state index in [1.807, 2.05) is 6.92 Å². The first-order valence-corrected chi connectivity index (χ1v) is 3.32. The minimum absolute atomic E-state index is 0. The maximum Gasteiger partial charge on any atom is 1.00 e. The quantitative estimate of drug-likeness (QED) is 0.613. The van der Waals surface area contributed by atoms with Gasteiger partial charge in [0.2, 0.25) is 0 Å². The number of hydrogen-bond donors (Lipinski definition) is 1. The minimum atomic E-state index is -0.809. The van der Waals surface area contributed by atoms with Crippen molar-refractivity contribution >= 4 is 0 Å². The smallest absolute Gasteiger partial charge is 0.449 e. The van der Waals surface area contributed by atoms with Crippen molar-refractivity contribution in [2.24, 2.45) is 0 Å². The molecule has 0 aliphatic carbocycles. The molecule has 0 aliphatic rings. The van der Waals surface area contributed by atoms with Crippen LogP contribution in [0.4, 0.5) is 0 Å². The second-order valence-corrected chi connectivity index (χ2v) is 2.54. The monoisotopic (exact) mass is 224 g/mol. The van der Waals surface area contributed by atoms with Crippen LogP contribution in [0.25, 0.3) is 0 Å². The van der Waals surface area contributed by atoms with Gasteiger partial charge in [-0.1, -0.05) is 19.4 Å². The average Bonchev–Trinajstić information content (AvgIpc) is 2.38. The van der Waals surface area contributed by atoms with E-state index in [1.165, 1.54) is 6.33 Å². The first-order chi connectivity index (χ1) is 4.67. The summed E-state index contributed by atoms with van der Waals surface area (Å²) in [5.74, 6) is 0. The molecular weight excluding hydrogens is 214 g/mol. The van der Waals surface area contributed by atoms with Crippen LogP contribution in [0.2, 0.25) is 0 Å². The molecule has 0 bridgehead atoms. The predicted octanol–water partition coefficient (Wildman–Crippen LogP) is -2.34. The zero-order chi connectivity index (χ0) is 7.61. The Labute approximate surface area is 115 Å². The molecule has 11 heavy (non-hydrogen) atoms. The molecule has 1 atom stereocenters. The third-order valence-electron chi connectivity index (χ3n) is 1.70. The van der Waals surface area contributed by atoms with Crippen molar-refractivity contribution < 1.29 is 63.3 Å². The molecule has 0 radical (unpaired) electrons. The van der Waals surface area contributed by atoms with Crippen LogP contribution in [-0.2, 0) is 5.60 Å². The molecule has 1 aromatic heterocycles. The van der Waals surface area contributed by atoms with Gasteiger partial charge >= 0.3 is 58.2 Å². The number of imidazole rings is 1. The Morgan fingerprint density at radius 2 is 2.36 bits per heavy atom. The van der Waals surface area contributed by atoms with Crippen LogP contribution in [0.15, 0.2) is 12.5 Å². The molecule has 4 heteroatoms. The van der Waals surface area contributed by atoms with Crippen molar-refractivity contribution in [1.29, 1.82) is 0 Å². The summed E-state index contributed by atoms with van der Waals surface area (Å²) in [6, 6.07) is 0. The summed E-state index contributed by atoms with van der Waals surface area (Å²) in [7, 11) is 0. The van der Waals surface area contributed by atoms with Gasteiger partial charge in [0.1, 0.15) is 0 Å². The molecule has 1 unspecified atom stereocenters. The SMILES string of the molecule is CCC(C)(O)c1c[n-]cn1.[Rb+]. The van der Waals surface area contributed by atoms with E-state index in [9.17, 15) is 5.11 Å². The summed E-state index contributed by atoms with van der Waals surface area (Å²) in [5, 5.41) is 9.58. The van der Waals surface area contributed by atoms with E-state index in [-0.39, 0.29) is 58.2 Å². The van der Waals surface area contributed by atoms with Gasteiger partial charge in [-0.05, 0) is 19.0 Å². The van der Waals surface area contributed by atoms with Gasteiger partial charge in [0.25, 0.3) is 0 Å². The fraction of sp³-hybridized carbons (Fsp3) is 0.571. The average molecular weight is 225 g/mol. The molecule has 0 saturated carbocycles. The summed E-state index contributed by atoms with van der Waals surface area (Å²) in [5.41, 5.74) is -0.161. The molecule has 0 fully saturated rings. The van der Waals surface area contributed by atoms with Gasteiger partial charge in [0, 0.05) is 0 Å². The van der Waals surface area contributed by atoms with Crippen molar-refractivity contribution in [2.75, 3.05) is 0 Å². The van der Waals surface area contributed by atoms with E-state index in [1.54, 1.807) is 13.1 Å². The predicted molar refractivity (Wildman–Crippen MR) is 37.4 cm³/mol. The van der Waals surface area contributed by atoms with Crippen LogP contribution in [0.1, 0.15) is 26.0 Å². The van der Waals surface area contributed by atoms with Crippen LogP contribution in [0.3, 0.4) is 0 Å². The normalized spacial score (nSPS) is 15.2. The van der Waals surface area contributed by atoms with Crippen LogP contribution < -0.4 is 63.2 Å². The molecule has 1 aromatic rings. The zero-order valence-electron chi connectivity index (χ0n) is 7.20. The van der Waals surface area contributed by atoms with Crippen LogP contribution in [0, 0.1) is 0 Å². The molecule has 0 aromatic carbocycles. The van der Waals surface area contributed by atoms with Gasteiger partial charge in [0.05, 0.1) is 5.60 Å². The Bertz CT molecular complexity index is 196. The van der Waals surface area contributed by atoms with Gasteiger partial charge in [-0.2, -0.15) is 0 Å². The van der Waals surface area contributed by atoms with E-state index in [0.717, 1.165) is 0 Å². The Kier molecular flexibility index (Phi) is 5.30. The number of aromatic nitrogens is 2. The fourth-order valence-electron chi connectivity index (χ4n) is 0.692. The summed E-state index contributed by atoms with van der Waals surface area (Å²) >= 11 is 0. The van der Waals surface area contributed by atoms with Gasteiger partial charge in [-0.3, -0.25) is 0 Å². The van der Waals surface area contributed by atoms with Gasteiger partial charge in [-0.25, -0.2) is 0 Å². The molecule has 1 rings (SSSR count). The zero-order valence-corrected chi connectivity index (χ0v) is 12.1. The third-order valence-corrected chi connectivity index (χ3v) is 1.70. The summed E-state index contributed by atoms with van der Waals surface area (Å²) < 4.78 is 0. The first-order valence-electron chi connectivity index (χ1n) is 3.32. The van der Waals surface area contributed by atoms with Gasteiger partial charge < -0.3 is 15.1 Å². The largest absolute Gasteiger partial charge is 1.00 e. The second-order valence-electron chi connectivity index (χ2n) is 2.54. The molecule has 3 nitrogen and oxygen atoms in total. The maximum atomic E-state index is 9.58. The summed E-state index contributed by atoms with van der Waals surface area (Å²) in [6.07, 6.45) is 3.69. The number of aliphatic hydroxyl groups is 1. The van der Waals surface area contributed by atoms with E-state index in [0.29, 0.717) is 12.1 Å². The van der Waals surface area contributed by atoms with Gasteiger partial charge in [-0.15, -0.1) is 0 Å². The van der Waals surface area contributed by atoms with Crippen LogP contribution in [0.5, 0.6) is 0 Å².